The molecule has 2 rings (SSSR count). The highest BCUT2D eigenvalue weighted by molar-refractivity contribution is 5.77. The van der Waals surface area contributed by atoms with E-state index in [1.54, 1.807) is 7.11 Å². The van der Waals surface area contributed by atoms with Crippen LogP contribution in [0.3, 0.4) is 0 Å². The molecule has 0 spiro atoms. The zero-order chi connectivity index (χ0) is 15.9. The van der Waals surface area contributed by atoms with Crippen LogP contribution in [0.1, 0.15) is 20.3 Å². The first-order chi connectivity index (χ1) is 10.6. The Hall–Kier alpha value is -2.50. The molecule has 118 valence electrons. The largest absolute Gasteiger partial charge is 0.497 e. The van der Waals surface area contributed by atoms with Crippen molar-refractivity contribution in [3.63, 3.8) is 0 Å². The number of nitrogen functional groups attached to an aromatic ring is 1. The number of aromatic nitrogens is 2. The molecule has 0 bridgehead atoms. The summed E-state index contributed by atoms with van der Waals surface area (Å²) in [5, 5.41) is 6.44. The SMILES string of the molecule is COc1ccc(Nc2ncnc(NCCC(C)C)c2N)cc1. The van der Waals surface area contributed by atoms with Gasteiger partial charge in [-0.05, 0) is 36.6 Å². The lowest BCUT2D eigenvalue weighted by Gasteiger charge is -2.13. The monoisotopic (exact) mass is 301 g/mol. The van der Waals surface area contributed by atoms with Crippen LogP contribution < -0.4 is 21.1 Å². The molecule has 1 aromatic carbocycles. The molecule has 2 aromatic rings. The van der Waals surface area contributed by atoms with E-state index in [0.717, 1.165) is 24.4 Å². The number of nitrogens with one attached hydrogen (secondary N) is 2. The first-order valence-corrected chi connectivity index (χ1v) is 7.35. The maximum absolute atomic E-state index is 6.13. The van der Waals surface area contributed by atoms with Crippen LogP contribution in [0.4, 0.5) is 23.0 Å². The Kier molecular flexibility index (Phi) is 5.41. The van der Waals surface area contributed by atoms with E-state index in [1.165, 1.54) is 6.33 Å². The molecule has 0 unspecified atom stereocenters. The molecule has 1 aromatic heterocycles. The Morgan fingerprint density at radius 1 is 1.14 bits per heavy atom. The standard InChI is InChI=1S/C16H23N5O/c1-11(2)8-9-18-15-14(17)16(20-10-19-15)21-12-4-6-13(22-3)7-5-12/h4-7,10-11H,8-9,17H2,1-3H3,(H2,18,19,20,21). The zero-order valence-electron chi connectivity index (χ0n) is 13.3. The van der Waals surface area contributed by atoms with Gasteiger partial charge in [-0.3, -0.25) is 0 Å². The van der Waals surface area contributed by atoms with E-state index >= 15 is 0 Å². The highest BCUT2D eigenvalue weighted by atomic mass is 16.5. The Morgan fingerprint density at radius 2 is 1.82 bits per heavy atom. The van der Waals surface area contributed by atoms with Crippen LogP contribution in [0.2, 0.25) is 0 Å². The van der Waals surface area contributed by atoms with Crippen LogP contribution in [-0.4, -0.2) is 23.6 Å². The zero-order valence-corrected chi connectivity index (χ0v) is 13.3. The predicted molar refractivity (Wildman–Crippen MR) is 90.7 cm³/mol. The van der Waals surface area contributed by atoms with E-state index in [-0.39, 0.29) is 0 Å². The fourth-order valence-corrected chi connectivity index (χ4v) is 1.93. The van der Waals surface area contributed by atoms with E-state index in [9.17, 15) is 0 Å². The van der Waals surface area contributed by atoms with E-state index in [4.69, 9.17) is 10.5 Å². The fraction of sp³-hybridized carbons (Fsp3) is 0.375. The number of nitrogens with two attached hydrogens (primary N) is 1. The third-order valence-corrected chi connectivity index (χ3v) is 3.25. The summed E-state index contributed by atoms with van der Waals surface area (Å²) in [5.41, 5.74) is 7.53. The van der Waals surface area contributed by atoms with Gasteiger partial charge in [0.05, 0.1) is 7.11 Å². The lowest BCUT2D eigenvalue weighted by molar-refractivity contribution is 0.415. The summed E-state index contributed by atoms with van der Waals surface area (Å²) in [4.78, 5) is 8.40. The summed E-state index contributed by atoms with van der Waals surface area (Å²) in [6.45, 7) is 5.20. The number of hydrogen-bond acceptors (Lipinski definition) is 6. The second kappa shape index (κ2) is 7.49. The van der Waals surface area contributed by atoms with Gasteiger partial charge >= 0.3 is 0 Å². The smallest absolute Gasteiger partial charge is 0.159 e. The number of nitrogens with zero attached hydrogens (tertiary/aromatic N) is 2. The number of rotatable bonds is 7. The van der Waals surface area contributed by atoms with Gasteiger partial charge in [-0.25, -0.2) is 9.97 Å². The minimum atomic E-state index is 0.516. The highest BCUT2D eigenvalue weighted by Crippen LogP contribution is 2.26. The van der Waals surface area contributed by atoms with Crippen molar-refractivity contribution in [2.75, 3.05) is 30.0 Å². The molecule has 0 aliphatic heterocycles. The van der Waals surface area contributed by atoms with Crippen LogP contribution in [0, 0.1) is 5.92 Å². The van der Waals surface area contributed by atoms with Crippen molar-refractivity contribution in [3.8, 4) is 5.75 Å². The van der Waals surface area contributed by atoms with Gasteiger partial charge in [0.1, 0.15) is 17.8 Å². The van der Waals surface area contributed by atoms with Crippen molar-refractivity contribution < 1.29 is 4.74 Å². The molecule has 0 fully saturated rings. The molecule has 1 heterocycles. The maximum Gasteiger partial charge on any atom is 0.159 e. The van der Waals surface area contributed by atoms with E-state index in [2.05, 4.69) is 34.4 Å². The van der Waals surface area contributed by atoms with Crippen LogP contribution in [0.25, 0.3) is 0 Å². The van der Waals surface area contributed by atoms with Crippen molar-refractivity contribution in [2.24, 2.45) is 5.92 Å². The Labute approximate surface area is 131 Å². The lowest BCUT2D eigenvalue weighted by Crippen LogP contribution is -2.10. The van der Waals surface area contributed by atoms with Crippen molar-refractivity contribution in [3.05, 3.63) is 30.6 Å². The van der Waals surface area contributed by atoms with Crippen molar-refractivity contribution in [2.45, 2.75) is 20.3 Å². The molecule has 0 saturated heterocycles. The van der Waals surface area contributed by atoms with Gasteiger partial charge in [-0.15, -0.1) is 0 Å². The van der Waals surface area contributed by atoms with Crippen LogP contribution in [0.15, 0.2) is 30.6 Å². The molecular weight excluding hydrogens is 278 g/mol. The first-order valence-electron chi connectivity index (χ1n) is 7.35. The van der Waals surface area contributed by atoms with Gasteiger partial charge in [-0.2, -0.15) is 0 Å². The van der Waals surface area contributed by atoms with Gasteiger partial charge in [0.15, 0.2) is 11.6 Å². The molecule has 0 aliphatic rings. The summed E-state index contributed by atoms with van der Waals surface area (Å²) in [7, 11) is 1.64. The first kappa shape index (κ1) is 15.9. The van der Waals surface area contributed by atoms with E-state index in [0.29, 0.717) is 23.2 Å². The fourth-order valence-electron chi connectivity index (χ4n) is 1.93. The molecule has 4 N–H and O–H groups in total. The quantitative estimate of drug-likeness (QED) is 0.728. The molecule has 6 nitrogen and oxygen atoms in total. The minimum absolute atomic E-state index is 0.516. The topological polar surface area (TPSA) is 85.1 Å². The predicted octanol–water partition coefficient (Wildman–Crippen LogP) is 3.27. The van der Waals surface area contributed by atoms with Gasteiger partial charge in [0.25, 0.3) is 0 Å². The second-order valence-corrected chi connectivity index (χ2v) is 5.45. The summed E-state index contributed by atoms with van der Waals surface area (Å²) in [5.74, 6) is 2.68. The molecule has 0 atom stereocenters. The van der Waals surface area contributed by atoms with E-state index < -0.39 is 0 Å². The summed E-state index contributed by atoms with van der Waals surface area (Å²) < 4.78 is 5.14. The Bertz CT molecular complexity index is 598. The van der Waals surface area contributed by atoms with Crippen molar-refractivity contribution in [1.29, 1.82) is 0 Å². The third-order valence-electron chi connectivity index (χ3n) is 3.25. The van der Waals surface area contributed by atoms with E-state index in [1.807, 2.05) is 24.3 Å². The van der Waals surface area contributed by atoms with Crippen molar-refractivity contribution >= 4 is 23.0 Å². The molecule has 22 heavy (non-hydrogen) atoms. The van der Waals surface area contributed by atoms with Gasteiger partial charge in [0.2, 0.25) is 0 Å². The number of hydrogen-bond donors (Lipinski definition) is 3. The second-order valence-electron chi connectivity index (χ2n) is 5.45. The average Bonchev–Trinajstić information content (AvgIpc) is 2.51. The maximum atomic E-state index is 6.13. The molecule has 0 amide bonds. The van der Waals surface area contributed by atoms with Crippen molar-refractivity contribution in [1.82, 2.24) is 9.97 Å². The van der Waals surface area contributed by atoms with Gasteiger partial charge in [-0.1, -0.05) is 13.8 Å². The van der Waals surface area contributed by atoms with Gasteiger partial charge < -0.3 is 21.1 Å². The number of ether oxygens (including phenoxy) is 1. The van der Waals surface area contributed by atoms with Gasteiger partial charge in [0, 0.05) is 12.2 Å². The Morgan fingerprint density at radius 3 is 2.45 bits per heavy atom. The Balaban J connectivity index is 2.07. The molecule has 0 saturated carbocycles. The molecule has 6 heteroatoms. The number of benzene rings is 1. The lowest BCUT2D eigenvalue weighted by atomic mass is 10.1. The number of anilines is 4. The molecule has 0 aliphatic carbocycles. The summed E-state index contributed by atoms with van der Waals surface area (Å²) >= 11 is 0. The highest BCUT2D eigenvalue weighted by Gasteiger charge is 2.08. The minimum Gasteiger partial charge on any atom is -0.497 e. The molecular formula is C16H23N5O. The van der Waals surface area contributed by atoms with Crippen LogP contribution in [-0.2, 0) is 0 Å². The molecule has 0 radical (unpaired) electrons. The van der Waals surface area contributed by atoms with Crippen LogP contribution in [0.5, 0.6) is 5.75 Å². The number of methoxy groups -OCH3 is 1. The summed E-state index contributed by atoms with van der Waals surface area (Å²) in [6, 6.07) is 7.57. The summed E-state index contributed by atoms with van der Waals surface area (Å²) in [6.07, 6.45) is 2.56. The normalized spacial score (nSPS) is 10.5. The third kappa shape index (κ3) is 4.25. The average molecular weight is 301 g/mol. The van der Waals surface area contributed by atoms with Crippen LogP contribution >= 0.6 is 0 Å².